The molecule has 0 saturated heterocycles. The fraction of sp³-hybridized carbons (Fsp3) is 0.167. The van der Waals surface area contributed by atoms with Gasteiger partial charge in [0.25, 0.3) is 5.91 Å². The molecule has 0 bridgehead atoms. The number of pyridine rings is 1. The number of furan rings is 1. The Labute approximate surface area is 107 Å². The number of amides is 1. The van der Waals surface area contributed by atoms with E-state index in [0.29, 0.717) is 5.56 Å². The summed E-state index contributed by atoms with van der Waals surface area (Å²) in [5.74, 6) is 0.545. The fourth-order valence-corrected chi connectivity index (χ4v) is 1.79. The van der Waals surface area contributed by atoms with Gasteiger partial charge in [0.2, 0.25) is 0 Å². The Morgan fingerprint density at radius 2 is 2.35 bits per heavy atom. The van der Waals surface area contributed by atoms with E-state index in [4.69, 9.17) is 4.42 Å². The molecule has 4 nitrogen and oxygen atoms in total. The van der Waals surface area contributed by atoms with Crippen molar-refractivity contribution in [2.45, 2.75) is 13.0 Å². The third-order valence-corrected chi connectivity index (χ3v) is 2.72. The van der Waals surface area contributed by atoms with Crippen LogP contribution >= 0.6 is 15.9 Å². The van der Waals surface area contributed by atoms with Crippen molar-refractivity contribution in [1.82, 2.24) is 10.3 Å². The van der Waals surface area contributed by atoms with Gasteiger partial charge in [0.1, 0.15) is 5.76 Å². The van der Waals surface area contributed by atoms with Gasteiger partial charge in [0, 0.05) is 16.9 Å². The van der Waals surface area contributed by atoms with Crippen LogP contribution in [0.15, 0.2) is 45.7 Å². The maximum absolute atomic E-state index is 11.9. The molecule has 1 unspecified atom stereocenters. The number of nitrogens with zero attached hydrogens (tertiary/aromatic N) is 1. The molecule has 2 heterocycles. The van der Waals surface area contributed by atoms with E-state index in [9.17, 15) is 4.79 Å². The molecule has 0 radical (unpaired) electrons. The average molecular weight is 295 g/mol. The van der Waals surface area contributed by atoms with Gasteiger partial charge in [-0.2, -0.15) is 0 Å². The Hall–Kier alpha value is -1.62. The van der Waals surface area contributed by atoms with E-state index in [2.05, 4.69) is 26.2 Å². The highest BCUT2D eigenvalue weighted by atomic mass is 79.9. The summed E-state index contributed by atoms with van der Waals surface area (Å²) < 4.78 is 5.99. The average Bonchev–Trinajstić information content (AvgIpc) is 2.82. The van der Waals surface area contributed by atoms with Crippen molar-refractivity contribution in [2.75, 3.05) is 0 Å². The zero-order valence-electron chi connectivity index (χ0n) is 9.18. The molecule has 5 heteroatoms. The third-order valence-electron chi connectivity index (χ3n) is 2.28. The zero-order chi connectivity index (χ0) is 12.3. The van der Waals surface area contributed by atoms with Crippen molar-refractivity contribution in [2.24, 2.45) is 0 Å². The quantitative estimate of drug-likeness (QED) is 0.947. The first-order valence-electron chi connectivity index (χ1n) is 5.11. The van der Waals surface area contributed by atoms with Crippen molar-refractivity contribution in [3.63, 3.8) is 0 Å². The Morgan fingerprint density at radius 1 is 1.53 bits per heavy atom. The number of carbonyl (C=O) groups excluding carboxylic acids is 1. The molecule has 17 heavy (non-hydrogen) atoms. The first kappa shape index (κ1) is 11.9. The predicted octanol–water partition coefficient (Wildman–Crippen LogP) is 2.93. The van der Waals surface area contributed by atoms with Gasteiger partial charge in [-0.1, -0.05) is 0 Å². The van der Waals surface area contributed by atoms with Crippen LogP contribution in [0, 0.1) is 0 Å². The number of rotatable bonds is 3. The van der Waals surface area contributed by atoms with Gasteiger partial charge in [-0.05, 0) is 41.1 Å². The molecule has 88 valence electrons. The summed E-state index contributed by atoms with van der Waals surface area (Å²) in [6, 6.07) is 5.16. The van der Waals surface area contributed by atoms with Crippen molar-refractivity contribution >= 4 is 21.8 Å². The van der Waals surface area contributed by atoms with Gasteiger partial charge in [-0.15, -0.1) is 0 Å². The lowest BCUT2D eigenvalue weighted by molar-refractivity contribution is 0.0935. The molecule has 0 aliphatic rings. The lowest BCUT2D eigenvalue weighted by atomic mass is 10.2. The Kier molecular flexibility index (Phi) is 3.58. The largest absolute Gasteiger partial charge is 0.467 e. The van der Waals surface area contributed by atoms with E-state index in [1.807, 2.05) is 13.0 Å². The lowest BCUT2D eigenvalue weighted by Crippen LogP contribution is -2.26. The molecular formula is C12H11BrN2O2. The highest BCUT2D eigenvalue weighted by Gasteiger charge is 2.13. The van der Waals surface area contributed by atoms with Crippen molar-refractivity contribution in [3.05, 3.63) is 52.7 Å². The fourth-order valence-electron chi connectivity index (χ4n) is 1.42. The molecule has 1 atom stereocenters. The second-order valence-electron chi connectivity index (χ2n) is 3.60. The Bertz CT molecular complexity index is 511. The van der Waals surface area contributed by atoms with Crippen LogP contribution in [0.5, 0.6) is 0 Å². The topological polar surface area (TPSA) is 55.1 Å². The van der Waals surface area contributed by atoms with E-state index in [1.54, 1.807) is 24.6 Å². The van der Waals surface area contributed by atoms with E-state index >= 15 is 0 Å². The molecule has 1 N–H and O–H groups in total. The van der Waals surface area contributed by atoms with Gasteiger partial charge < -0.3 is 9.73 Å². The van der Waals surface area contributed by atoms with Gasteiger partial charge in [-0.3, -0.25) is 9.78 Å². The highest BCUT2D eigenvalue weighted by Crippen LogP contribution is 2.14. The third kappa shape index (κ3) is 2.94. The van der Waals surface area contributed by atoms with Crippen LogP contribution in [-0.4, -0.2) is 10.9 Å². The minimum absolute atomic E-state index is 0.170. The summed E-state index contributed by atoms with van der Waals surface area (Å²) in [6.07, 6.45) is 4.74. The molecular weight excluding hydrogens is 284 g/mol. The maximum Gasteiger partial charge on any atom is 0.253 e. The smallest absolute Gasteiger partial charge is 0.253 e. The molecule has 0 saturated carbocycles. The van der Waals surface area contributed by atoms with Crippen molar-refractivity contribution in [3.8, 4) is 0 Å². The Morgan fingerprint density at radius 3 is 3.00 bits per heavy atom. The van der Waals surface area contributed by atoms with Crippen LogP contribution in [0.3, 0.4) is 0 Å². The van der Waals surface area contributed by atoms with Crippen LogP contribution < -0.4 is 5.32 Å². The monoisotopic (exact) mass is 294 g/mol. The van der Waals surface area contributed by atoms with Gasteiger partial charge in [0.05, 0.1) is 17.9 Å². The van der Waals surface area contributed by atoms with Gasteiger partial charge in [-0.25, -0.2) is 0 Å². The van der Waals surface area contributed by atoms with Crippen molar-refractivity contribution in [1.29, 1.82) is 0 Å². The molecule has 0 spiro atoms. The van der Waals surface area contributed by atoms with Crippen LogP contribution in [-0.2, 0) is 0 Å². The standard InChI is InChI=1S/C12H11BrN2O2/c1-8(11-3-2-4-17-11)15-12(16)9-5-10(13)7-14-6-9/h2-8H,1H3,(H,15,16). The molecule has 2 rings (SSSR count). The molecule has 2 aromatic heterocycles. The van der Waals surface area contributed by atoms with Crippen LogP contribution in [0.2, 0.25) is 0 Å². The molecule has 0 fully saturated rings. The second kappa shape index (κ2) is 5.14. The molecule has 0 aliphatic carbocycles. The molecule has 2 aromatic rings. The van der Waals surface area contributed by atoms with E-state index in [0.717, 1.165) is 10.2 Å². The number of carbonyl (C=O) groups is 1. The van der Waals surface area contributed by atoms with E-state index in [1.165, 1.54) is 6.20 Å². The normalized spacial score (nSPS) is 12.1. The number of hydrogen-bond donors (Lipinski definition) is 1. The predicted molar refractivity (Wildman–Crippen MR) is 66.5 cm³/mol. The molecule has 0 aromatic carbocycles. The maximum atomic E-state index is 11.9. The summed E-state index contributed by atoms with van der Waals surface area (Å²) >= 11 is 3.27. The van der Waals surface area contributed by atoms with Gasteiger partial charge >= 0.3 is 0 Å². The minimum atomic E-state index is -0.178. The van der Waals surface area contributed by atoms with Crippen molar-refractivity contribution < 1.29 is 9.21 Å². The minimum Gasteiger partial charge on any atom is -0.467 e. The highest BCUT2D eigenvalue weighted by molar-refractivity contribution is 9.10. The first-order valence-corrected chi connectivity index (χ1v) is 5.91. The number of hydrogen-bond acceptors (Lipinski definition) is 3. The van der Waals surface area contributed by atoms with Crippen LogP contribution in [0.25, 0.3) is 0 Å². The molecule has 1 amide bonds. The Balaban J connectivity index is 2.07. The summed E-state index contributed by atoms with van der Waals surface area (Å²) in [5, 5.41) is 2.83. The second-order valence-corrected chi connectivity index (χ2v) is 4.52. The first-order chi connectivity index (χ1) is 8.16. The number of nitrogens with one attached hydrogen (secondary N) is 1. The molecule has 0 aliphatic heterocycles. The van der Waals surface area contributed by atoms with E-state index < -0.39 is 0 Å². The summed E-state index contributed by atoms with van der Waals surface area (Å²) in [5.41, 5.74) is 0.512. The summed E-state index contributed by atoms with van der Waals surface area (Å²) in [4.78, 5) is 15.8. The van der Waals surface area contributed by atoms with Crippen LogP contribution in [0.1, 0.15) is 29.1 Å². The van der Waals surface area contributed by atoms with Crippen LogP contribution in [0.4, 0.5) is 0 Å². The van der Waals surface area contributed by atoms with E-state index in [-0.39, 0.29) is 11.9 Å². The zero-order valence-corrected chi connectivity index (χ0v) is 10.8. The SMILES string of the molecule is CC(NC(=O)c1cncc(Br)c1)c1ccco1. The summed E-state index contributed by atoms with van der Waals surface area (Å²) in [7, 11) is 0. The number of aromatic nitrogens is 1. The van der Waals surface area contributed by atoms with Gasteiger partial charge in [0.15, 0.2) is 0 Å². The lowest BCUT2D eigenvalue weighted by Gasteiger charge is -2.11. The summed E-state index contributed by atoms with van der Waals surface area (Å²) in [6.45, 7) is 1.86. The number of halogens is 1.